The molecule has 0 aliphatic carbocycles. The lowest BCUT2D eigenvalue weighted by Gasteiger charge is -2.19. The minimum Gasteiger partial charge on any atom is -0.271 e. The first-order chi connectivity index (χ1) is 9.51. The standard InChI is InChI=1S/C16H18ClFN2/c1-10-3-4-11(2)13(7-10)16(20-19)9-12-5-6-15(18)14(17)8-12/h3-8,16,20H,9,19H2,1-2H3. The third kappa shape index (κ3) is 3.37. The van der Waals surface area contributed by atoms with Crippen LogP contribution in [0.3, 0.4) is 0 Å². The molecule has 0 spiro atoms. The fourth-order valence-electron chi connectivity index (χ4n) is 2.30. The van der Waals surface area contributed by atoms with Crippen LogP contribution in [0.25, 0.3) is 0 Å². The highest BCUT2D eigenvalue weighted by atomic mass is 35.5. The number of benzene rings is 2. The summed E-state index contributed by atoms with van der Waals surface area (Å²) in [5.41, 5.74) is 7.28. The minimum absolute atomic E-state index is 0.0311. The molecule has 1 unspecified atom stereocenters. The Hall–Kier alpha value is -1.42. The molecular weight excluding hydrogens is 275 g/mol. The van der Waals surface area contributed by atoms with Crippen LogP contribution in [0, 0.1) is 19.7 Å². The van der Waals surface area contributed by atoms with Gasteiger partial charge in [-0.1, -0.05) is 41.4 Å². The molecule has 2 rings (SSSR count). The van der Waals surface area contributed by atoms with Gasteiger partial charge in [0.2, 0.25) is 0 Å². The van der Waals surface area contributed by atoms with Gasteiger partial charge in [-0.3, -0.25) is 11.3 Å². The van der Waals surface area contributed by atoms with Crippen LogP contribution < -0.4 is 11.3 Å². The van der Waals surface area contributed by atoms with E-state index < -0.39 is 5.82 Å². The van der Waals surface area contributed by atoms with Gasteiger partial charge >= 0.3 is 0 Å². The van der Waals surface area contributed by atoms with Gasteiger partial charge in [-0.15, -0.1) is 0 Å². The van der Waals surface area contributed by atoms with Crippen molar-refractivity contribution in [2.75, 3.05) is 0 Å². The summed E-state index contributed by atoms with van der Waals surface area (Å²) in [5, 5.41) is 0.138. The number of aryl methyl sites for hydroxylation is 2. The second-order valence-electron chi connectivity index (χ2n) is 5.03. The molecule has 0 aliphatic rings. The number of rotatable bonds is 4. The number of nitrogens with one attached hydrogen (secondary N) is 1. The van der Waals surface area contributed by atoms with E-state index >= 15 is 0 Å². The van der Waals surface area contributed by atoms with Crippen molar-refractivity contribution < 1.29 is 4.39 Å². The van der Waals surface area contributed by atoms with Crippen LogP contribution in [0.4, 0.5) is 4.39 Å². The Labute approximate surface area is 123 Å². The molecule has 0 amide bonds. The van der Waals surface area contributed by atoms with Gasteiger partial charge in [-0.05, 0) is 49.1 Å². The number of halogens is 2. The van der Waals surface area contributed by atoms with Gasteiger partial charge in [0.05, 0.1) is 11.1 Å². The SMILES string of the molecule is Cc1ccc(C)c(C(Cc2ccc(F)c(Cl)c2)NN)c1. The number of hydrogen-bond acceptors (Lipinski definition) is 2. The van der Waals surface area contributed by atoms with Crippen LogP contribution in [-0.4, -0.2) is 0 Å². The van der Waals surface area contributed by atoms with Gasteiger partial charge in [-0.2, -0.15) is 0 Å². The van der Waals surface area contributed by atoms with Crippen molar-refractivity contribution in [3.05, 3.63) is 69.5 Å². The number of hydrazine groups is 1. The van der Waals surface area contributed by atoms with E-state index in [9.17, 15) is 4.39 Å². The van der Waals surface area contributed by atoms with E-state index in [1.165, 1.54) is 17.2 Å². The predicted octanol–water partition coefficient (Wildman–Crippen LogP) is 3.84. The quantitative estimate of drug-likeness (QED) is 0.664. The Bertz CT molecular complexity index is 613. The Morgan fingerprint density at radius 3 is 2.60 bits per heavy atom. The number of hydrogen-bond donors (Lipinski definition) is 2. The molecule has 0 saturated heterocycles. The maximum atomic E-state index is 13.2. The maximum absolute atomic E-state index is 13.2. The molecule has 3 N–H and O–H groups in total. The average molecular weight is 293 g/mol. The zero-order chi connectivity index (χ0) is 14.7. The molecule has 2 nitrogen and oxygen atoms in total. The molecule has 0 radical (unpaired) electrons. The highest BCUT2D eigenvalue weighted by Gasteiger charge is 2.14. The topological polar surface area (TPSA) is 38.0 Å². The summed E-state index contributed by atoms with van der Waals surface area (Å²) in [6.45, 7) is 4.10. The van der Waals surface area contributed by atoms with Gasteiger partial charge in [0.25, 0.3) is 0 Å². The number of nitrogens with two attached hydrogens (primary N) is 1. The molecule has 20 heavy (non-hydrogen) atoms. The second-order valence-corrected chi connectivity index (χ2v) is 5.44. The highest BCUT2D eigenvalue weighted by Crippen LogP contribution is 2.24. The summed E-state index contributed by atoms with van der Waals surface area (Å²) in [7, 11) is 0. The molecule has 0 saturated carbocycles. The summed E-state index contributed by atoms with van der Waals surface area (Å²) in [6, 6.07) is 11.0. The van der Waals surface area contributed by atoms with Crippen molar-refractivity contribution in [1.29, 1.82) is 0 Å². The van der Waals surface area contributed by atoms with Crippen molar-refractivity contribution >= 4 is 11.6 Å². The fourth-order valence-corrected chi connectivity index (χ4v) is 2.50. The lowest BCUT2D eigenvalue weighted by atomic mass is 9.94. The van der Waals surface area contributed by atoms with E-state index in [-0.39, 0.29) is 11.1 Å². The fraction of sp³-hybridized carbons (Fsp3) is 0.250. The molecule has 106 valence electrons. The van der Waals surface area contributed by atoms with E-state index in [1.807, 2.05) is 6.92 Å². The van der Waals surface area contributed by atoms with E-state index in [0.29, 0.717) is 6.42 Å². The Balaban J connectivity index is 2.28. The van der Waals surface area contributed by atoms with Crippen molar-refractivity contribution in [2.24, 2.45) is 5.84 Å². The normalized spacial score (nSPS) is 12.4. The van der Waals surface area contributed by atoms with Crippen LogP contribution in [0.15, 0.2) is 36.4 Å². The van der Waals surface area contributed by atoms with Crippen LogP contribution in [0.1, 0.15) is 28.3 Å². The zero-order valence-electron chi connectivity index (χ0n) is 11.6. The van der Waals surface area contributed by atoms with Gasteiger partial charge in [0, 0.05) is 0 Å². The van der Waals surface area contributed by atoms with E-state index in [2.05, 4.69) is 30.5 Å². The largest absolute Gasteiger partial charge is 0.271 e. The molecule has 0 fully saturated rings. The summed E-state index contributed by atoms with van der Waals surface area (Å²) in [6.07, 6.45) is 0.654. The third-order valence-corrected chi connectivity index (χ3v) is 3.72. The van der Waals surface area contributed by atoms with Crippen LogP contribution in [-0.2, 0) is 6.42 Å². The monoisotopic (exact) mass is 292 g/mol. The summed E-state index contributed by atoms with van der Waals surface area (Å²) in [4.78, 5) is 0. The molecule has 0 heterocycles. The Kier molecular flexibility index (Phi) is 4.76. The maximum Gasteiger partial charge on any atom is 0.141 e. The predicted molar refractivity (Wildman–Crippen MR) is 81.1 cm³/mol. The van der Waals surface area contributed by atoms with E-state index in [1.54, 1.807) is 12.1 Å². The molecule has 2 aromatic carbocycles. The lowest BCUT2D eigenvalue weighted by Crippen LogP contribution is -2.30. The highest BCUT2D eigenvalue weighted by molar-refractivity contribution is 6.30. The Morgan fingerprint density at radius 1 is 1.20 bits per heavy atom. The molecule has 0 bridgehead atoms. The smallest absolute Gasteiger partial charge is 0.141 e. The van der Waals surface area contributed by atoms with Crippen LogP contribution >= 0.6 is 11.6 Å². The average Bonchev–Trinajstić information content (AvgIpc) is 2.43. The van der Waals surface area contributed by atoms with Crippen molar-refractivity contribution in [2.45, 2.75) is 26.3 Å². The lowest BCUT2D eigenvalue weighted by molar-refractivity contribution is 0.548. The summed E-state index contributed by atoms with van der Waals surface area (Å²) >= 11 is 5.82. The Morgan fingerprint density at radius 2 is 1.95 bits per heavy atom. The molecule has 2 aromatic rings. The molecule has 1 atom stereocenters. The molecular formula is C16H18ClFN2. The van der Waals surface area contributed by atoms with E-state index in [0.717, 1.165) is 11.1 Å². The second kappa shape index (κ2) is 6.35. The zero-order valence-corrected chi connectivity index (χ0v) is 12.3. The first-order valence-electron chi connectivity index (χ1n) is 6.48. The molecule has 0 aromatic heterocycles. The van der Waals surface area contributed by atoms with E-state index in [4.69, 9.17) is 17.4 Å². The van der Waals surface area contributed by atoms with Crippen molar-refractivity contribution in [1.82, 2.24) is 5.43 Å². The van der Waals surface area contributed by atoms with Crippen molar-refractivity contribution in [3.8, 4) is 0 Å². The van der Waals surface area contributed by atoms with Crippen molar-refractivity contribution in [3.63, 3.8) is 0 Å². The summed E-state index contributed by atoms with van der Waals surface area (Å²) < 4.78 is 13.2. The molecule has 4 heteroatoms. The minimum atomic E-state index is -0.403. The molecule has 0 aliphatic heterocycles. The first kappa shape index (κ1) is 15.0. The van der Waals surface area contributed by atoms with Gasteiger partial charge < -0.3 is 0 Å². The summed E-state index contributed by atoms with van der Waals surface area (Å²) in [5.74, 6) is 5.28. The van der Waals surface area contributed by atoms with Gasteiger partial charge in [0.15, 0.2) is 0 Å². The first-order valence-corrected chi connectivity index (χ1v) is 6.86. The van der Waals surface area contributed by atoms with Crippen LogP contribution in [0.2, 0.25) is 5.02 Å². The van der Waals surface area contributed by atoms with Gasteiger partial charge in [-0.25, -0.2) is 4.39 Å². The van der Waals surface area contributed by atoms with Gasteiger partial charge in [0.1, 0.15) is 5.82 Å². The third-order valence-electron chi connectivity index (χ3n) is 3.44. The van der Waals surface area contributed by atoms with Crippen LogP contribution in [0.5, 0.6) is 0 Å².